The number of hydrogen-bond donors (Lipinski definition) is 1. The standard InChI is InChI=1S/C21H25FN4O/c22-18-5-1-2-6-19(18)25-10-12-26(13-11-25)20(17-4-3-9-23-14-17)15-24-21(27)16-7-8-16/h1-6,9,14,16,20H,7-8,10-13,15H2,(H,24,27)/t20-/m1/s1. The molecule has 0 spiro atoms. The van der Waals surface area contributed by atoms with Crippen molar-refractivity contribution < 1.29 is 9.18 Å². The third kappa shape index (κ3) is 4.27. The van der Waals surface area contributed by atoms with E-state index in [2.05, 4.69) is 26.2 Å². The molecule has 2 heterocycles. The van der Waals surface area contributed by atoms with Crippen molar-refractivity contribution in [2.24, 2.45) is 5.92 Å². The molecule has 0 unspecified atom stereocenters. The fourth-order valence-corrected chi connectivity index (χ4v) is 3.70. The largest absolute Gasteiger partial charge is 0.367 e. The van der Waals surface area contributed by atoms with Gasteiger partial charge in [0, 0.05) is 51.0 Å². The van der Waals surface area contributed by atoms with E-state index in [9.17, 15) is 9.18 Å². The Kier molecular flexibility index (Phi) is 5.34. The summed E-state index contributed by atoms with van der Waals surface area (Å²) in [6.07, 6.45) is 5.64. The minimum atomic E-state index is -0.175. The second-order valence-electron chi connectivity index (χ2n) is 7.30. The molecule has 4 rings (SSSR count). The summed E-state index contributed by atoms with van der Waals surface area (Å²) in [6.45, 7) is 3.73. The van der Waals surface area contributed by atoms with Crippen molar-refractivity contribution in [3.63, 3.8) is 0 Å². The molecule has 142 valence electrons. The highest BCUT2D eigenvalue weighted by Crippen LogP contribution is 2.29. The normalized spacial score (nSPS) is 18.9. The van der Waals surface area contributed by atoms with Gasteiger partial charge in [0.1, 0.15) is 5.82 Å². The molecule has 1 aromatic heterocycles. The predicted octanol–water partition coefficient (Wildman–Crippen LogP) is 2.61. The lowest BCUT2D eigenvalue weighted by atomic mass is 10.1. The van der Waals surface area contributed by atoms with E-state index in [-0.39, 0.29) is 23.7 Å². The Labute approximate surface area is 159 Å². The number of rotatable bonds is 6. The molecule has 1 atom stereocenters. The summed E-state index contributed by atoms with van der Waals surface area (Å²) in [5.74, 6) is 0.192. The molecular weight excluding hydrogens is 343 g/mol. The highest BCUT2D eigenvalue weighted by atomic mass is 19.1. The molecular formula is C21H25FN4O. The zero-order chi connectivity index (χ0) is 18.6. The Morgan fingerprint density at radius 1 is 1.15 bits per heavy atom. The molecule has 2 aliphatic rings. The van der Waals surface area contributed by atoms with Crippen LogP contribution < -0.4 is 10.2 Å². The zero-order valence-corrected chi connectivity index (χ0v) is 15.4. The number of aromatic nitrogens is 1. The van der Waals surface area contributed by atoms with Crippen LogP contribution >= 0.6 is 0 Å². The summed E-state index contributed by atoms with van der Waals surface area (Å²) in [5.41, 5.74) is 1.77. The van der Waals surface area contributed by atoms with Gasteiger partial charge >= 0.3 is 0 Å². The number of para-hydroxylation sites is 1. The van der Waals surface area contributed by atoms with E-state index in [1.165, 1.54) is 6.07 Å². The van der Waals surface area contributed by atoms with Gasteiger partial charge < -0.3 is 10.2 Å². The second kappa shape index (κ2) is 8.05. The third-order valence-electron chi connectivity index (χ3n) is 5.44. The van der Waals surface area contributed by atoms with Crippen LogP contribution in [-0.2, 0) is 4.79 Å². The molecule has 5 nitrogen and oxygen atoms in total. The number of carbonyl (C=O) groups is 1. The Balaban J connectivity index is 1.43. The molecule has 1 saturated heterocycles. The number of carbonyl (C=O) groups excluding carboxylic acids is 1. The van der Waals surface area contributed by atoms with Crippen LogP contribution in [0.5, 0.6) is 0 Å². The SMILES string of the molecule is O=C(NC[C@H](c1cccnc1)N1CCN(c2ccccc2F)CC1)C1CC1. The first kappa shape index (κ1) is 17.9. The monoisotopic (exact) mass is 368 g/mol. The molecule has 1 aliphatic heterocycles. The lowest BCUT2D eigenvalue weighted by Gasteiger charge is -2.40. The van der Waals surface area contributed by atoms with Gasteiger partial charge in [-0.2, -0.15) is 0 Å². The Bertz CT molecular complexity index is 773. The van der Waals surface area contributed by atoms with E-state index in [1.807, 2.05) is 24.4 Å². The first-order valence-corrected chi connectivity index (χ1v) is 9.63. The number of benzene rings is 1. The molecule has 6 heteroatoms. The second-order valence-corrected chi connectivity index (χ2v) is 7.30. The molecule has 1 aromatic carbocycles. The van der Waals surface area contributed by atoms with Gasteiger partial charge in [0.25, 0.3) is 0 Å². The van der Waals surface area contributed by atoms with Crippen molar-refractivity contribution in [2.45, 2.75) is 18.9 Å². The summed E-state index contributed by atoms with van der Waals surface area (Å²) < 4.78 is 14.1. The fourth-order valence-electron chi connectivity index (χ4n) is 3.70. The van der Waals surface area contributed by atoms with Crippen molar-refractivity contribution in [3.05, 3.63) is 60.2 Å². The van der Waals surface area contributed by atoms with Gasteiger partial charge in [0.2, 0.25) is 5.91 Å². The molecule has 0 bridgehead atoms. The zero-order valence-electron chi connectivity index (χ0n) is 15.4. The van der Waals surface area contributed by atoms with E-state index in [1.54, 1.807) is 12.3 Å². The van der Waals surface area contributed by atoms with Gasteiger partial charge in [-0.1, -0.05) is 18.2 Å². The average Bonchev–Trinajstić information content (AvgIpc) is 3.55. The summed E-state index contributed by atoms with van der Waals surface area (Å²) >= 11 is 0. The highest BCUT2D eigenvalue weighted by Gasteiger charge is 2.31. The molecule has 1 N–H and O–H groups in total. The van der Waals surface area contributed by atoms with Crippen LogP contribution in [0.25, 0.3) is 0 Å². The number of nitrogens with zero attached hydrogens (tertiary/aromatic N) is 3. The van der Waals surface area contributed by atoms with Crippen molar-refractivity contribution in [2.75, 3.05) is 37.6 Å². The van der Waals surface area contributed by atoms with E-state index >= 15 is 0 Å². The van der Waals surface area contributed by atoms with Gasteiger partial charge in [-0.15, -0.1) is 0 Å². The van der Waals surface area contributed by atoms with Gasteiger partial charge in [-0.05, 0) is 36.6 Å². The van der Waals surface area contributed by atoms with Gasteiger partial charge in [0.05, 0.1) is 11.7 Å². The van der Waals surface area contributed by atoms with Crippen molar-refractivity contribution >= 4 is 11.6 Å². The Morgan fingerprint density at radius 2 is 1.93 bits per heavy atom. The summed E-state index contributed by atoms with van der Waals surface area (Å²) in [5, 5.41) is 3.11. The predicted molar refractivity (Wildman–Crippen MR) is 103 cm³/mol. The Hall–Kier alpha value is -2.47. The molecule has 2 aromatic rings. The first-order valence-electron chi connectivity index (χ1n) is 9.63. The van der Waals surface area contributed by atoms with Crippen LogP contribution in [-0.4, -0.2) is 48.5 Å². The quantitative estimate of drug-likeness (QED) is 0.852. The van der Waals surface area contributed by atoms with E-state index in [0.717, 1.165) is 44.6 Å². The average molecular weight is 368 g/mol. The van der Waals surface area contributed by atoms with E-state index in [0.29, 0.717) is 12.2 Å². The molecule has 1 amide bonds. The van der Waals surface area contributed by atoms with Crippen LogP contribution in [0.15, 0.2) is 48.8 Å². The molecule has 0 radical (unpaired) electrons. The first-order chi connectivity index (χ1) is 13.2. The maximum absolute atomic E-state index is 14.1. The minimum absolute atomic E-state index is 0.0872. The van der Waals surface area contributed by atoms with E-state index < -0.39 is 0 Å². The summed E-state index contributed by atoms with van der Waals surface area (Å²) in [6, 6.07) is 11.0. The topological polar surface area (TPSA) is 48.5 Å². The number of pyridine rings is 1. The molecule has 27 heavy (non-hydrogen) atoms. The number of nitrogens with one attached hydrogen (secondary N) is 1. The van der Waals surface area contributed by atoms with Crippen molar-refractivity contribution in [3.8, 4) is 0 Å². The smallest absolute Gasteiger partial charge is 0.223 e. The van der Waals surface area contributed by atoms with Crippen LogP contribution in [0.4, 0.5) is 10.1 Å². The van der Waals surface area contributed by atoms with Gasteiger partial charge in [-0.3, -0.25) is 14.7 Å². The maximum Gasteiger partial charge on any atom is 0.223 e. The summed E-state index contributed by atoms with van der Waals surface area (Å²) in [4.78, 5) is 20.8. The fraction of sp³-hybridized carbons (Fsp3) is 0.429. The van der Waals surface area contributed by atoms with Crippen molar-refractivity contribution in [1.82, 2.24) is 15.2 Å². The highest BCUT2D eigenvalue weighted by molar-refractivity contribution is 5.80. The van der Waals surface area contributed by atoms with Crippen LogP contribution in [0.3, 0.4) is 0 Å². The molecule has 1 saturated carbocycles. The Morgan fingerprint density at radius 3 is 2.59 bits per heavy atom. The molecule has 2 fully saturated rings. The number of halogens is 1. The lowest BCUT2D eigenvalue weighted by molar-refractivity contribution is -0.122. The van der Waals surface area contributed by atoms with Crippen LogP contribution in [0, 0.1) is 11.7 Å². The van der Waals surface area contributed by atoms with Crippen LogP contribution in [0.2, 0.25) is 0 Å². The van der Waals surface area contributed by atoms with Crippen molar-refractivity contribution in [1.29, 1.82) is 0 Å². The van der Waals surface area contributed by atoms with Gasteiger partial charge in [-0.25, -0.2) is 4.39 Å². The number of piperazine rings is 1. The maximum atomic E-state index is 14.1. The van der Waals surface area contributed by atoms with E-state index in [4.69, 9.17) is 0 Å². The summed E-state index contributed by atoms with van der Waals surface area (Å²) in [7, 11) is 0. The number of amides is 1. The molecule has 1 aliphatic carbocycles. The minimum Gasteiger partial charge on any atom is -0.367 e. The van der Waals surface area contributed by atoms with Crippen LogP contribution in [0.1, 0.15) is 24.4 Å². The van der Waals surface area contributed by atoms with Gasteiger partial charge in [0.15, 0.2) is 0 Å². The lowest BCUT2D eigenvalue weighted by Crippen LogP contribution is -2.50. The third-order valence-corrected chi connectivity index (χ3v) is 5.44. The number of anilines is 1. The number of hydrogen-bond acceptors (Lipinski definition) is 4.